The molecule has 0 unspecified atom stereocenters. The van der Waals surface area contributed by atoms with Crippen molar-refractivity contribution in [1.29, 1.82) is 0 Å². The van der Waals surface area contributed by atoms with E-state index in [1.807, 2.05) is 32.0 Å². The number of benzene rings is 1. The number of ether oxygens (including phenoxy) is 1. The summed E-state index contributed by atoms with van der Waals surface area (Å²) < 4.78 is 5.78. The monoisotopic (exact) mass is 271 g/mol. The molecule has 0 atom stereocenters. The number of aromatic nitrogens is 1. The molecular formula is C15H17N3O2. The summed E-state index contributed by atoms with van der Waals surface area (Å²) in [6.07, 6.45) is 1.74. The zero-order chi connectivity index (χ0) is 14.5. The van der Waals surface area contributed by atoms with Crippen molar-refractivity contribution < 1.29 is 9.94 Å². The van der Waals surface area contributed by atoms with Gasteiger partial charge >= 0.3 is 0 Å². The maximum Gasteiger partial charge on any atom is 0.170 e. The topological polar surface area (TPSA) is 80.7 Å². The van der Waals surface area contributed by atoms with Gasteiger partial charge in [0.25, 0.3) is 0 Å². The van der Waals surface area contributed by atoms with Gasteiger partial charge in [-0.1, -0.05) is 23.4 Å². The van der Waals surface area contributed by atoms with Crippen LogP contribution in [0.15, 0.2) is 41.7 Å². The van der Waals surface area contributed by atoms with Gasteiger partial charge in [-0.15, -0.1) is 0 Å². The highest BCUT2D eigenvalue weighted by molar-refractivity contribution is 5.97. The Morgan fingerprint density at radius 1 is 1.30 bits per heavy atom. The number of hydrogen-bond donors (Lipinski definition) is 2. The minimum Gasteiger partial charge on any atom is -0.487 e. The molecular weight excluding hydrogens is 254 g/mol. The summed E-state index contributed by atoms with van der Waals surface area (Å²) in [4.78, 5) is 4.28. The van der Waals surface area contributed by atoms with Gasteiger partial charge in [-0.3, -0.25) is 4.98 Å². The van der Waals surface area contributed by atoms with Crippen molar-refractivity contribution in [2.45, 2.75) is 20.5 Å². The fourth-order valence-corrected chi connectivity index (χ4v) is 1.79. The van der Waals surface area contributed by atoms with Crippen LogP contribution in [0.3, 0.4) is 0 Å². The Kier molecular flexibility index (Phi) is 4.20. The van der Waals surface area contributed by atoms with Gasteiger partial charge in [0.1, 0.15) is 12.4 Å². The summed E-state index contributed by atoms with van der Waals surface area (Å²) in [5.74, 6) is 0.753. The minimum absolute atomic E-state index is 0.0591. The van der Waals surface area contributed by atoms with Gasteiger partial charge in [-0.25, -0.2) is 0 Å². The SMILES string of the molecule is Cc1ccc(/C(N)=N/O)cc1OCc1ncccc1C. The van der Waals surface area contributed by atoms with Gasteiger partial charge in [0.2, 0.25) is 0 Å². The molecule has 0 spiro atoms. The lowest BCUT2D eigenvalue weighted by Crippen LogP contribution is -2.13. The van der Waals surface area contributed by atoms with Gasteiger partial charge in [0, 0.05) is 11.8 Å². The molecule has 0 radical (unpaired) electrons. The lowest BCUT2D eigenvalue weighted by molar-refractivity contribution is 0.298. The van der Waals surface area contributed by atoms with Crippen molar-refractivity contribution in [2.75, 3.05) is 0 Å². The number of rotatable bonds is 4. The van der Waals surface area contributed by atoms with Gasteiger partial charge < -0.3 is 15.7 Å². The highest BCUT2D eigenvalue weighted by atomic mass is 16.5. The minimum atomic E-state index is 0.0591. The average molecular weight is 271 g/mol. The lowest BCUT2D eigenvalue weighted by atomic mass is 10.1. The Bertz CT molecular complexity index is 639. The Hall–Kier alpha value is -2.56. The molecule has 0 saturated carbocycles. The first kappa shape index (κ1) is 13.9. The number of amidine groups is 1. The Morgan fingerprint density at radius 2 is 2.10 bits per heavy atom. The molecule has 1 heterocycles. The summed E-state index contributed by atoms with van der Waals surface area (Å²) in [6, 6.07) is 9.29. The molecule has 0 aliphatic carbocycles. The maximum atomic E-state index is 8.70. The normalized spacial score (nSPS) is 11.4. The largest absolute Gasteiger partial charge is 0.487 e. The Balaban J connectivity index is 2.19. The van der Waals surface area contributed by atoms with Crippen molar-refractivity contribution in [3.63, 3.8) is 0 Å². The maximum absolute atomic E-state index is 8.70. The molecule has 1 aromatic heterocycles. The van der Waals surface area contributed by atoms with E-state index in [2.05, 4.69) is 10.1 Å². The molecule has 5 heteroatoms. The highest BCUT2D eigenvalue weighted by Crippen LogP contribution is 2.21. The van der Waals surface area contributed by atoms with E-state index in [-0.39, 0.29) is 5.84 Å². The van der Waals surface area contributed by atoms with E-state index < -0.39 is 0 Å². The summed E-state index contributed by atoms with van der Waals surface area (Å²) >= 11 is 0. The molecule has 0 bridgehead atoms. The number of pyridine rings is 1. The second-order valence-electron chi connectivity index (χ2n) is 4.52. The van der Waals surface area contributed by atoms with Crippen molar-refractivity contribution in [3.05, 3.63) is 58.9 Å². The van der Waals surface area contributed by atoms with Crippen LogP contribution in [0.2, 0.25) is 0 Å². The second kappa shape index (κ2) is 6.06. The van der Waals surface area contributed by atoms with Crippen molar-refractivity contribution in [3.8, 4) is 5.75 Å². The van der Waals surface area contributed by atoms with E-state index in [1.165, 1.54) is 0 Å². The number of hydrogen-bond acceptors (Lipinski definition) is 4. The van der Waals surface area contributed by atoms with Crippen molar-refractivity contribution in [1.82, 2.24) is 4.98 Å². The molecule has 0 amide bonds. The summed E-state index contributed by atoms with van der Waals surface area (Å²) in [5.41, 5.74) is 9.14. The molecule has 5 nitrogen and oxygen atoms in total. The number of nitrogens with zero attached hydrogens (tertiary/aromatic N) is 2. The van der Waals surface area contributed by atoms with Crippen LogP contribution in [0, 0.1) is 13.8 Å². The first-order chi connectivity index (χ1) is 9.61. The van der Waals surface area contributed by atoms with Crippen LogP contribution in [0.1, 0.15) is 22.4 Å². The molecule has 20 heavy (non-hydrogen) atoms. The number of nitrogens with two attached hydrogens (primary N) is 1. The summed E-state index contributed by atoms with van der Waals surface area (Å²) in [7, 11) is 0. The van der Waals surface area contributed by atoms with E-state index in [1.54, 1.807) is 18.3 Å². The van der Waals surface area contributed by atoms with Crippen LogP contribution in [0.4, 0.5) is 0 Å². The predicted octanol–water partition coefficient (Wildman–Crippen LogP) is 2.37. The quantitative estimate of drug-likeness (QED) is 0.387. The van der Waals surface area contributed by atoms with E-state index in [0.717, 1.165) is 16.8 Å². The van der Waals surface area contributed by atoms with Gasteiger partial charge in [-0.2, -0.15) is 0 Å². The first-order valence-corrected chi connectivity index (χ1v) is 6.23. The third-order valence-corrected chi connectivity index (χ3v) is 3.07. The molecule has 2 rings (SSSR count). The molecule has 1 aromatic carbocycles. The van der Waals surface area contributed by atoms with E-state index >= 15 is 0 Å². The average Bonchev–Trinajstić information content (AvgIpc) is 2.47. The molecule has 104 valence electrons. The molecule has 3 N–H and O–H groups in total. The molecule has 2 aromatic rings. The fraction of sp³-hybridized carbons (Fsp3) is 0.200. The molecule has 0 saturated heterocycles. The smallest absolute Gasteiger partial charge is 0.170 e. The molecule has 0 aliphatic rings. The third-order valence-electron chi connectivity index (χ3n) is 3.07. The lowest BCUT2D eigenvalue weighted by Gasteiger charge is -2.11. The molecule has 0 aliphatic heterocycles. The van der Waals surface area contributed by atoms with Gasteiger partial charge in [-0.05, 0) is 37.1 Å². The molecule has 0 fully saturated rings. The van der Waals surface area contributed by atoms with Crippen LogP contribution >= 0.6 is 0 Å². The fourth-order valence-electron chi connectivity index (χ4n) is 1.79. The van der Waals surface area contributed by atoms with Crippen LogP contribution in [-0.4, -0.2) is 16.0 Å². The standard InChI is InChI=1S/C15H17N3O2/c1-10-4-3-7-17-13(10)9-20-14-8-12(15(16)18-19)6-5-11(14)2/h3-8,19H,9H2,1-2H3,(H2,16,18). The zero-order valence-corrected chi connectivity index (χ0v) is 11.5. The van der Waals surface area contributed by atoms with Gasteiger partial charge in [0.05, 0.1) is 5.69 Å². The second-order valence-corrected chi connectivity index (χ2v) is 4.52. The van der Waals surface area contributed by atoms with Crippen LogP contribution in [0.25, 0.3) is 0 Å². The van der Waals surface area contributed by atoms with Crippen molar-refractivity contribution in [2.24, 2.45) is 10.9 Å². The van der Waals surface area contributed by atoms with E-state index in [4.69, 9.17) is 15.7 Å². The number of aryl methyl sites for hydroxylation is 2. The predicted molar refractivity (Wildman–Crippen MR) is 77.0 cm³/mol. The Labute approximate surface area is 117 Å². The summed E-state index contributed by atoms with van der Waals surface area (Å²) in [5, 5.41) is 11.7. The van der Waals surface area contributed by atoms with Crippen molar-refractivity contribution >= 4 is 5.84 Å². The van der Waals surface area contributed by atoms with Crippen LogP contribution in [0.5, 0.6) is 5.75 Å². The Morgan fingerprint density at radius 3 is 2.80 bits per heavy atom. The zero-order valence-electron chi connectivity index (χ0n) is 11.5. The summed E-state index contributed by atoms with van der Waals surface area (Å²) in [6.45, 7) is 4.31. The first-order valence-electron chi connectivity index (χ1n) is 6.23. The van der Waals surface area contributed by atoms with Crippen LogP contribution < -0.4 is 10.5 Å². The van der Waals surface area contributed by atoms with Gasteiger partial charge in [0.15, 0.2) is 5.84 Å². The van der Waals surface area contributed by atoms with E-state index in [9.17, 15) is 0 Å². The van der Waals surface area contributed by atoms with Crippen LogP contribution in [-0.2, 0) is 6.61 Å². The number of oxime groups is 1. The third kappa shape index (κ3) is 3.06. The highest BCUT2D eigenvalue weighted by Gasteiger charge is 2.06. The van der Waals surface area contributed by atoms with E-state index in [0.29, 0.717) is 17.9 Å².